The van der Waals surface area contributed by atoms with E-state index < -0.39 is 4.87 Å². The summed E-state index contributed by atoms with van der Waals surface area (Å²) >= 11 is 5.97. The van der Waals surface area contributed by atoms with E-state index in [1.54, 1.807) is 0 Å². The van der Waals surface area contributed by atoms with Crippen LogP contribution in [0.15, 0.2) is 0 Å². The van der Waals surface area contributed by atoms with Gasteiger partial charge in [0.2, 0.25) is 0 Å². The Morgan fingerprint density at radius 3 is 2.40 bits per heavy atom. The van der Waals surface area contributed by atoms with Crippen LogP contribution in [-0.2, 0) is 0 Å². The smallest absolute Gasteiger partial charge is 0.131 e. The third-order valence-electron chi connectivity index (χ3n) is 2.34. The van der Waals surface area contributed by atoms with Crippen LogP contribution in [0.5, 0.6) is 0 Å². The van der Waals surface area contributed by atoms with Crippen molar-refractivity contribution in [1.82, 2.24) is 0 Å². The van der Waals surface area contributed by atoms with Crippen LogP contribution in [-0.4, -0.2) is 4.87 Å². The van der Waals surface area contributed by atoms with Crippen LogP contribution < -0.4 is 0 Å². The summed E-state index contributed by atoms with van der Waals surface area (Å²) < 4.78 is 0. The van der Waals surface area contributed by atoms with E-state index in [2.05, 4.69) is 6.07 Å². The van der Waals surface area contributed by atoms with Gasteiger partial charge in [-0.1, -0.05) is 12.8 Å². The summed E-state index contributed by atoms with van der Waals surface area (Å²) in [4.78, 5) is -0.601. The number of nitriles is 1. The van der Waals surface area contributed by atoms with Crippen molar-refractivity contribution in [3.8, 4) is 6.07 Å². The molecular weight excluding hydrogens is 146 g/mol. The van der Waals surface area contributed by atoms with Gasteiger partial charge in [0.15, 0.2) is 0 Å². The Balaban J connectivity index is 2.56. The van der Waals surface area contributed by atoms with Gasteiger partial charge in [0.05, 0.1) is 6.07 Å². The van der Waals surface area contributed by atoms with Gasteiger partial charge in [0.1, 0.15) is 4.87 Å². The molecule has 1 aliphatic rings. The highest BCUT2D eigenvalue weighted by molar-refractivity contribution is 6.25. The highest BCUT2D eigenvalue weighted by atomic mass is 35.5. The lowest BCUT2D eigenvalue weighted by molar-refractivity contribution is 0.471. The molecule has 1 rings (SSSR count). The molecule has 0 radical (unpaired) electrons. The number of rotatable bonds is 1. The van der Waals surface area contributed by atoms with Gasteiger partial charge in [-0.15, -0.1) is 11.6 Å². The predicted molar refractivity (Wildman–Crippen MR) is 41.8 cm³/mol. The molecule has 1 unspecified atom stereocenters. The van der Waals surface area contributed by atoms with Crippen LogP contribution >= 0.6 is 11.6 Å². The first-order valence-corrected chi connectivity index (χ1v) is 4.15. The van der Waals surface area contributed by atoms with Crippen molar-refractivity contribution < 1.29 is 0 Å². The second-order valence-electron chi connectivity index (χ2n) is 3.17. The normalized spacial score (nSPS) is 25.7. The number of alkyl halides is 1. The van der Waals surface area contributed by atoms with Gasteiger partial charge < -0.3 is 0 Å². The minimum absolute atomic E-state index is 0.430. The maximum Gasteiger partial charge on any atom is 0.131 e. The summed E-state index contributed by atoms with van der Waals surface area (Å²) in [6, 6.07) is 2.15. The minimum atomic E-state index is -0.601. The molecule has 0 bridgehead atoms. The van der Waals surface area contributed by atoms with E-state index in [-0.39, 0.29) is 0 Å². The zero-order valence-electron chi connectivity index (χ0n) is 6.23. The number of hydrogen-bond donors (Lipinski definition) is 0. The van der Waals surface area contributed by atoms with Gasteiger partial charge >= 0.3 is 0 Å². The summed E-state index contributed by atoms with van der Waals surface area (Å²) in [5.41, 5.74) is 0. The molecule has 0 heterocycles. The van der Waals surface area contributed by atoms with Crippen molar-refractivity contribution in [3.63, 3.8) is 0 Å². The SMILES string of the molecule is CC(Cl)(C#N)C1CCCC1. The van der Waals surface area contributed by atoms with Crippen molar-refractivity contribution >= 4 is 11.6 Å². The molecule has 1 fully saturated rings. The van der Waals surface area contributed by atoms with Crippen molar-refractivity contribution in [2.75, 3.05) is 0 Å². The molecule has 1 atom stereocenters. The molecule has 0 saturated heterocycles. The van der Waals surface area contributed by atoms with E-state index in [1.807, 2.05) is 6.92 Å². The van der Waals surface area contributed by atoms with Crippen LogP contribution in [0.3, 0.4) is 0 Å². The van der Waals surface area contributed by atoms with Gasteiger partial charge in [0, 0.05) is 0 Å². The molecule has 56 valence electrons. The third kappa shape index (κ3) is 1.44. The topological polar surface area (TPSA) is 23.8 Å². The Kier molecular flexibility index (Phi) is 2.21. The van der Waals surface area contributed by atoms with Crippen molar-refractivity contribution in [3.05, 3.63) is 0 Å². The lowest BCUT2D eigenvalue weighted by atomic mass is 9.93. The fraction of sp³-hybridized carbons (Fsp3) is 0.875. The Labute approximate surface area is 67.0 Å². The van der Waals surface area contributed by atoms with E-state index >= 15 is 0 Å². The maximum absolute atomic E-state index is 8.67. The van der Waals surface area contributed by atoms with Gasteiger partial charge in [-0.2, -0.15) is 5.26 Å². The van der Waals surface area contributed by atoms with E-state index in [9.17, 15) is 0 Å². The van der Waals surface area contributed by atoms with Crippen molar-refractivity contribution in [2.45, 2.75) is 37.5 Å². The average Bonchev–Trinajstić information content (AvgIpc) is 2.38. The molecule has 1 aliphatic carbocycles. The van der Waals surface area contributed by atoms with Crippen LogP contribution in [0.25, 0.3) is 0 Å². The van der Waals surface area contributed by atoms with Gasteiger partial charge in [0.25, 0.3) is 0 Å². The standard InChI is InChI=1S/C8H12ClN/c1-8(9,6-10)7-4-2-3-5-7/h7H,2-5H2,1H3. The highest BCUT2D eigenvalue weighted by Gasteiger charge is 2.33. The summed E-state index contributed by atoms with van der Waals surface area (Å²) in [6.45, 7) is 1.82. The van der Waals surface area contributed by atoms with Gasteiger partial charge in [-0.05, 0) is 25.7 Å². The molecule has 1 nitrogen and oxygen atoms in total. The molecule has 1 saturated carbocycles. The summed E-state index contributed by atoms with van der Waals surface area (Å²) in [5.74, 6) is 0.430. The molecule has 0 aliphatic heterocycles. The zero-order chi connectivity index (χ0) is 7.61. The van der Waals surface area contributed by atoms with E-state index in [0.29, 0.717) is 5.92 Å². The molecule has 0 N–H and O–H groups in total. The maximum atomic E-state index is 8.67. The Morgan fingerprint density at radius 1 is 1.50 bits per heavy atom. The fourth-order valence-corrected chi connectivity index (χ4v) is 1.78. The monoisotopic (exact) mass is 157 g/mol. The third-order valence-corrected chi connectivity index (χ3v) is 2.73. The molecule has 0 spiro atoms. The first kappa shape index (κ1) is 7.88. The molecular formula is C8H12ClN. The van der Waals surface area contributed by atoms with Crippen LogP contribution in [0.1, 0.15) is 32.6 Å². The molecule has 10 heavy (non-hydrogen) atoms. The fourth-order valence-electron chi connectivity index (χ4n) is 1.56. The number of nitrogens with zero attached hydrogens (tertiary/aromatic N) is 1. The second kappa shape index (κ2) is 2.80. The Bertz CT molecular complexity index is 151. The second-order valence-corrected chi connectivity index (χ2v) is 3.95. The van der Waals surface area contributed by atoms with Crippen LogP contribution in [0.4, 0.5) is 0 Å². The summed E-state index contributed by atoms with van der Waals surface area (Å²) in [7, 11) is 0. The van der Waals surface area contributed by atoms with Crippen LogP contribution in [0.2, 0.25) is 0 Å². The largest absolute Gasteiger partial charge is 0.196 e. The lowest BCUT2D eigenvalue weighted by Crippen LogP contribution is -2.23. The molecule has 0 aromatic rings. The van der Waals surface area contributed by atoms with E-state index in [1.165, 1.54) is 12.8 Å². The molecule has 0 amide bonds. The van der Waals surface area contributed by atoms with Gasteiger partial charge in [-0.3, -0.25) is 0 Å². The van der Waals surface area contributed by atoms with Crippen LogP contribution in [0, 0.1) is 17.2 Å². The first-order chi connectivity index (χ1) is 4.67. The zero-order valence-corrected chi connectivity index (χ0v) is 6.99. The predicted octanol–water partition coefficient (Wildman–Crippen LogP) is 2.70. The average molecular weight is 158 g/mol. The summed E-state index contributed by atoms with van der Waals surface area (Å²) in [5, 5.41) is 8.67. The summed E-state index contributed by atoms with van der Waals surface area (Å²) in [6.07, 6.45) is 4.75. The first-order valence-electron chi connectivity index (χ1n) is 3.77. The number of halogens is 1. The number of hydrogen-bond acceptors (Lipinski definition) is 1. The quantitative estimate of drug-likeness (QED) is 0.537. The van der Waals surface area contributed by atoms with Crippen molar-refractivity contribution in [1.29, 1.82) is 5.26 Å². The van der Waals surface area contributed by atoms with E-state index in [4.69, 9.17) is 16.9 Å². The Hall–Kier alpha value is -0.220. The van der Waals surface area contributed by atoms with E-state index in [0.717, 1.165) is 12.8 Å². The molecule has 0 aromatic heterocycles. The highest BCUT2D eigenvalue weighted by Crippen LogP contribution is 2.37. The molecule has 2 heteroatoms. The minimum Gasteiger partial charge on any atom is -0.196 e. The van der Waals surface area contributed by atoms with Crippen molar-refractivity contribution in [2.24, 2.45) is 5.92 Å². The Morgan fingerprint density at radius 2 is 2.00 bits per heavy atom. The molecule has 0 aromatic carbocycles. The van der Waals surface area contributed by atoms with Gasteiger partial charge in [-0.25, -0.2) is 0 Å². The lowest BCUT2D eigenvalue weighted by Gasteiger charge is -2.19.